The third-order valence-corrected chi connectivity index (χ3v) is 6.22. The third kappa shape index (κ3) is 4.55. The van der Waals surface area contributed by atoms with E-state index in [4.69, 9.17) is 4.74 Å². The van der Waals surface area contributed by atoms with E-state index in [9.17, 15) is 17.6 Å². The van der Waals surface area contributed by atoms with Crippen LogP contribution < -0.4 is 14.8 Å². The second kappa shape index (κ2) is 8.68. The highest BCUT2D eigenvalue weighted by molar-refractivity contribution is 7.92. The minimum absolute atomic E-state index is 0.105. The molecule has 0 heterocycles. The SMILES string of the molecule is COc1ccc(NC(=O)c2ccc3ccccc3c2)cc1NS(=O)(=O)c1ccc(F)cc1. The van der Waals surface area contributed by atoms with Gasteiger partial charge in [0.05, 0.1) is 17.7 Å². The highest BCUT2D eigenvalue weighted by atomic mass is 32.2. The van der Waals surface area contributed by atoms with Gasteiger partial charge in [0.2, 0.25) is 0 Å². The van der Waals surface area contributed by atoms with E-state index in [0.717, 1.165) is 35.0 Å². The average Bonchev–Trinajstić information content (AvgIpc) is 2.79. The van der Waals surface area contributed by atoms with Gasteiger partial charge in [-0.25, -0.2) is 12.8 Å². The lowest BCUT2D eigenvalue weighted by molar-refractivity contribution is 0.102. The van der Waals surface area contributed by atoms with Crippen LogP contribution in [0.4, 0.5) is 15.8 Å². The highest BCUT2D eigenvalue weighted by Gasteiger charge is 2.18. The van der Waals surface area contributed by atoms with Crippen LogP contribution in [0.15, 0.2) is 89.8 Å². The van der Waals surface area contributed by atoms with Crippen LogP contribution in [0.25, 0.3) is 10.8 Å². The molecule has 0 atom stereocenters. The smallest absolute Gasteiger partial charge is 0.262 e. The monoisotopic (exact) mass is 450 g/mol. The Labute approximate surface area is 184 Å². The summed E-state index contributed by atoms with van der Waals surface area (Å²) in [6, 6.07) is 22.1. The van der Waals surface area contributed by atoms with Crippen molar-refractivity contribution in [2.75, 3.05) is 17.1 Å². The predicted octanol–water partition coefficient (Wildman–Crippen LogP) is 5.04. The summed E-state index contributed by atoms with van der Waals surface area (Å²) in [5, 5.41) is 4.72. The van der Waals surface area contributed by atoms with Crippen molar-refractivity contribution >= 4 is 38.1 Å². The molecule has 6 nitrogen and oxygen atoms in total. The van der Waals surface area contributed by atoms with E-state index in [0.29, 0.717) is 11.3 Å². The van der Waals surface area contributed by atoms with Gasteiger partial charge in [0.15, 0.2) is 0 Å². The molecule has 4 rings (SSSR count). The number of amides is 1. The zero-order chi connectivity index (χ0) is 22.7. The van der Waals surface area contributed by atoms with Crippen LogP contribution in [-0.2, 0) is 10.0 Å². The van der Waals surface area contributed by atoms with E-state index < -0.39 is 15.8 Å². The van der Waals surface area contributed by atoms with Crippen LogP contribution >= 0.6 is 0 Å². The molecule has 0 aliphatic heterocycles. The molecule has 32 heavy (non-hydrogen) atoms. The summed E-state index contributed by atoms with van der Waals surface area (Å²) in [4.78, 5) is 12.6. The van der Waals surface area contributed by atoms with E-state index in [1.54, 1.807) is 24.3 Å². The maximum absolute atomic E-state index is 13.1. The molecule has 0 saturated carbocycles. The standard InChI is InChI=1S/C24H19FN2O4S/c1-31-23-13-10-20(15-22(23)27-32(29,30)21-11-8-19(25)9-12-21)26-24(28)18-7-6-16-4-2-3-5-17(16)14-18/h2-15,27H,1H3,(H,26,28). The Kier molecular flexibility index (Phi) is 5.79. The van der Waals surface area contributed by atoms with Crippen LogP contribution in [0.5, 0.6) is 5.75 Å². The molecule has 0 bridgehead atoms. The minimum atomic E-state index is -3.99. The predicted molar refractivity (Wildman–Crippen MR) is 122 cm³/mol. The topological polar surface area (TPSA) is 84.5 Å². The minimum Gasteiger partial charge on any atom is -0.495 e. The van der Waals surface area contributed by atoms with Crippen molar-refractivity contribution in [1.29, 1.82) is 0 Å². The summed E-state index contributed by atoms with van der Waals surface area (Å²) in [6.45, 7) is 0. The molecule has 162 valence electrons. The van der Waals surface area contributed by atoms with E-state index in [-0.39, 0.29) is 22.2 Å². The molecule has 0 saturated heterocycles. The summed E-state index contributed by atoms with van der Waals surface area (Å²) in [5.41, 5.74) is 0.974. The number of halogens is 1. The summed E-state index contributed by atoms with van der Waals surface area (Å²) in [5.74, 6) is -0.618. The maximum atomic E-state index is 13.1. The molecule has 2 N–H and O–H groups in total. The summed E-state index contributed by atoms with van der Waals surface area (Å²) < 4.78 is 46.2. The normalized spacial score (nSPS) is 11.2. The summed E-state index contributed by atoms with van der Waals surface area (Å²) in [6.07, 6.45) is 0. The number of carbonyl (C=O) groups excluding carboxylic acids is 1. The lowest BCUT2D eigenvalue weighted by Crippen LogP contribution is -2.15. The van der Waals surface area contributed by atoms with Crippen molar-refractivity contribution in [2.24, 2.45) is 0 Å². The van der Waals surface area contributed by atoms with Gasteiger partial charge in [-0.05, 0) is 65.4 Å². The van der Waals surface area contributed by atoms with Gasteiger partial charge < -0.3 is 10.1 Å². The Balaban J connectivity index is 1.59. The number of benzene rings is 4. The first-order chi connectivity index (χ1) is 15.4. The molecule has 8 heteroatoms. The van der Waals surface area contributed by atoms with Gasteiger partial charge in [0.25, 0.3) is 15.9 Å². The molecule has 4 aromatic rings. The Morgan fingerprint density at radius 2 is 1.59 bits per heavy atom. The van der Waals surface area contributed by atoms with Crippen LogP contribution in [0.2, 0.25) is 0 Å². The first-order valence-corrected chi connectivity index (χ1v) is 11.1. The van der Waals surface area contributed by atoms with Crippen molar-refractivity contribution in [3.05, 3.63) is 96.3 Å². The van der Waals surface area contributed by atoms with E-state index >= 15 is 0 Å². The Hall–Kier alpha value is -3.91. The van der Waals surface area contributed by atoms with Gasteiger partial charge in [-0.2, -0.15) is 0 Å². The van der Waals surface area contributed by atoms with Gasteiger partial charge in [0.1, 0.15) is 11.6 Å². The Bertz CT molecular complexity index is 1400. The molecule has 0 aliphatic carbocycles. The van der Waals surface area contributed by atoms with Gasteiger partial charge in [-0.15, -0.1) is 0 Å². The molecular formula is C24H19FN2O4S. The van der Waals surface area contributed by atoms with Crippen LogP contribution in [0.3, 0.4) is 0 Å². The second-order valence-electron chi connectivity index (χ2n) is 6.99. The number of rotatable bonds is 6. The fourth-order valence-corrected chi connectivity index (χ4v) is 4.28. The van der Waals surface area contributed by atoms with Crippen molar-refractivity contribution in [1.82, 2.24) is 0 Å². The lowest BCUT2D eigenvalue weighted by Gasteiger charge is -2.14. The second-order valence-corrected chi connectivity index (χ2v) is 8.67. The Morgan fingerprint density at radius 3 is 2.31 bits per heavy atom. The first-order valence-electron chi connectivity index (χ1n) is 9.62. The lowest BCUT2D eigenvalue weighted by atomic mass is 10.1. The number of hydrogen-bond acceptors (Lipinski definition) is 4. The molecule has 0 spiro atoms. The maximum Gasteiger partial charge on any atom is 0.262 e. The molecular weight excluding hydrogens is 431 g/mol. The average molecular weight is 450 g/mol. The molecule has 0 radical (unpaired) electrons. The van der Waals surface area contributed by atoms with Crippen LogP contribution in [-0.4, -0.2) is 21.4 Å². The largest absolute Gasteiger partial charge is 0.495 e. The number of nitrogens with one attached hydrogen (secondary N) is 2. The molecule has 0 unspecified atom stereocenters. The molecule has 0 fully saturated rings. The number of methoxy groups -OCH3 is 1. The Morgan fingerprint density at radius 1 is 0.875 bits per heavy atom. The first kappa shape index (κ1) is 21.3. The van der Waals surface area contributed by atoms with Crippen molar-refractivity contribution < 1.29 is 22.3 Å². The number of anilines is 2. The summed E-state index contributed by atoms with van der Waals surface area (Å²) >= 11 is 0. The zero-order valence-electron chi connectivity index (χ0n) is 17.0. The molecule has 1 amide bonds. The van der Waals surface area contributed by atoms with Gasteiger partial charge in [-0.3, -0.25) is 9.52 Å². The summed E-state index contributed by atoms with van der Waals surface area (Å²) in [7, 11) is -2.59. The van der Waals surface area contributed by atoms with Crippen molar-refractivity contribution in [3.63, 3.8) is 0 Å². The number of carbonyl (C=O) groups is 1. The zero-order valence-corrected chi connectivity index (χ0v) is 17.8. The number of sulfonamides is 1. The van der Waals surface area contributed by atoms with Gasteiger partial charge in [0, 0.05) is 11.3 Å². The number of ether oxygens (including phenoxy) is 1. The van der Waals surface area contributed by atoms with E-state index in [1.807, 2.05) is 30.3 Å². The number of hydrogen-bond donors (Lipinski definition) is 2. The van der Waals surface area contributed by atoms with Crippen molar-refractivity contribution in [3.8, 4) is 5.75 Å². The van der Waals surface area contributed by atoms with Gasteiger partial charge in [-0.1, -0.05) is 30.3 Å². The highest BCUT2D eigenvalue weighted by Crippen LogP contribution is 2.30. The van der Waals surface area contributed by atoms with E-state index in [1.165, 1.54) is 13.2 Å². The fourth-order valence-electron chi connectivity index (χ4n) is 3.22. The molecule has 0 aromatic heterocycles. The third-order valence-electron chi connectivity index (χ3n) is 4.84. The van der Waals surface area contributed by atoms with Crippen LogP contribution in [0, 0.1) is 5.82 Å². The number of fused-ring (bicyclic) bond motifs is 1. The molecule has 0 aliphatic rings. The quantitative estimate of drug-likeness (QED) is 0.431. The van der Waals surface area contributed by atoms with Gasteiger partial charge >= 0.3 is 0 Å². The van der Waals surface area contributed by atoms with E-state index in [2.05, 4.69) is 10.0 Å². The molecule has 4 aromatic carbocycles. The van der Waals surface area contributed by atoms with Crippen LogP contribution in [0.1, 0.15) is 10.4 Å². The van der Waals surface area contributed by atoms with Crippen molar-refractivity contribution in [2.45, 2.75) is 4.90 Å². The fraction of sp³-hybridized carbons (Fsp3) is 0.0417.